The molecule has 0 radical (unpaired) electrons. The molecule has 0 N–H and O–H groups in total. The Kier molecular flexibility index (Phi) is 4.60. The molecule has 0 aliphatic rings. The first-order valence-electron chi connectivity index (χ1n) is 3.26. The fourth-order valence-corrected chi connectivity index (χ4v) is 0.756. The fraction of sp³-hybridized carbons (Fsp3) is 0.375. The van der Waals surface area contributed by atoms with Crippen molar-refractivity contribution in [2.24, 2.45) is 0 Å². The van der Waals surface area contributed by atoms with Crippen molar-refractivity contribution in [3.05, 3.63) is 30.6 Å². The van der Waals surface area contributed by atoms with Gasteiger partial charge in [-0.25, -0.2) is 4.57 Å². The van der Waals surface area contributed by atoms with Crippen molar-refractivity contribution in [1.29, 1.82) is 0 Å². The molecule has 1 aromatic heterocycles. The third-order valence-electron chi connectivity index (χ3n) is 1.33. The molecular weight excluding hydrogens is 237 g/mol. The van der Waals surface area contributed by atoms with Gasteiger partial charge in [0.1, 0.15) is 0 Å². The van der Waals surface area contributed by atoms with Gasteiger partial charge in [-0.15, -0.1) is 0 Å². The molecule has 1 nitrogen and oxygen atoms in total. The predicted molar refractivity (Wildman–Crippen MR) is 37.0 cm³/mol. The standard InChI is InChI=1S/C8H12N.HI/c1-8(2)9-6-4-3-5-7-9;/h3-8H,1-2H3;1H/q+1;/p-1. The molecule has 1 heterocycles. The molecule has 1 rings (SSSR count). The van der Waals surface area contributed by atoms with Gasteiger partial charge >= 0.3 is 0 Å². The molecule has 0 unspecified atom stereocenters. The molecule has 0 fully saturated rings. The van der Waals surface area contributed by atoms with E-state index in [4.69, 9.17) is 0 Å². The maximum absolute atomic E-state index is 2.17. The zero-order valence-electron chi connectivity index (χ0n) is 6.29. The monoisotopic (exact) mass is 249 g/mol. The SMILES string of the molecule is CC(C)[n+]1ccccc1.[I-]. The van der Waals surface area contributed by atoms with Gasteiger partial charge in [-0.05, 0) is 13.8 Å². The van der Waals surface area contributed by atoms with E-state index in [1.54, 1.807) is 0 Å². The van der Waals surface area contributed by atoms with E-state index in [9.17, 15) is 0 Å². The molecular formula is C8H12IN. The van der Waals surface area contributed by atoms with E-state index >= 15 is 0 Å². The zero-order chi connectivity index (χ0) is 6.69. The maximum Gasteiger partial charge on any atom is 0.169 e. The van der Waals surface area contributed by atoms with E-state index in [0.29, 0.717) is 6.04 Å². The molecule has 0 aliphatic heterocycles. The van der Waals surface area contributed by atoms with Crippen LogP contribution in [0.15, 0.2) is 30.6 Å². The topological polar surface area (TPSA) is 3.88 Å². The molecule has 56 valence electrons. The number of aromatic nitrogens is 1. The summed E-state index contributed by atoms with van der Waals surface area (Å²) in [4.78, 5) is 0. The van der Waals surface area contributed by atoms with E-state index in [1.807, 2.05) is 18.2 Å². The second kappa shape index (κ2) is 4.66. The normalized spacial score (nSPS) is 9.10. The zero-order valence-corrected chi connectivity index (χ0v) is 8.45. The van der Waals surface area contributed by atoms with E-state index < -0.39 is 0 Å². The number of hydrogen-bond acceptors (Lipinski definition) is 0. The molecule has 10 heavy (non-hydrogen) atoms. The smallest absolute Gasteiger partial charge is 0.169 e. The number of hydrogen-bond donors (Lipinski definition) is 0. The minimum atomic E-state index is 0. The number of pyridine rings is 1. The summed E-state index contributed by atoms with van der Waals surface area (Å²) < 4.78 is 2.17. The first-order valence-corrected chi connectivity index (χ1v) is 3.26. The molecule has 0 aliphatic carbocycles. The van der Waals surface area contributed by atoms with Crippen LogP contribution < -0.4 is 28.5 Å². The van der Waals surface area contributed by atoms with Crippen LogP contribution in [-0.2, 0) is 0 Å². The summed E-state index contributed by atoms with van der Waals surface area (Å²) >= 11 is 0. The number of halogens is 1. The van der Waals surface area contributed by atoms with Gasteiger partial charge in [0.05, 0.1) is 0 Å². The molecule has 0 aromatic carbocycles. The Morgan fingerprint density at radius 3 is 1.80 bits per heavy atom. The second-order valence-corrected chi connectivity index (χ2v) is 2.42. The van der Waals surface area contributed by atoms with Crippen molar-refractivity contribution in [2.75, 3.05) is 0 Å². The lowest BCUT2D eigenvalue weighted by Crippen LogP contribution is -3.00. The van der Waals surface area contributed by atoms with Crippen LogP contribution in [0.1, 0.15) is 19.9 Å². The fourth-order valence-electron chi connectivity index (χ4n) is 0.756. The Labute approximate surface area is 79.1 Å². The molecule has 0 bridgehead atoms. The van der Waals surface area contributed by atoms with E-state index in [-0.39, 0.29) is 24.0 Å². The van der Waals surface area contributed by atoms with E-state index in [1.165, 1.54) is 0 Å². The number of nitrogens with zero attached hydrogens (tertiary/aromatic N) is 1. The Bertz CT molecular complexity index is 172. The summed E-state index contributed by atoms with van der Waals surface area (Å²) in [5.74, 6) is 0. The van der Waals surface area contributed by atoms with Crippen molar-refractivity contribution in [3.8, 4) is 0 Å². The van der Waals surface area contributed by atoms with Crippen LogP contribution in [0.3, 0.4) is 0 Å². The summed E-state index contributed by atoms with van der Waals surface area (Å²) in [5, 5.41) is 0. The Morgan fingerprint density at radius 1 is 1.00 bits per heavy atom. The summed E-state index contributed by atoms with van der Waals surface area (Å²) in [6.45, 7) is 4.33. The highest BCUT2D eigenvalue weighted by Gasteiger charge is 2.00. The Balaban J connectivity index is 0.000000810. The Hall–Kier alpha value is -0.120. The van der Waals surface area contributed by atoms with Gasteiger partial charge in [0.25, 0.3) is 0 Å². The first-order chi connectivity index (χ1) is 4.30. The highest BCUT2D eigenvalue weighted by atomic mass is 127. The van der Waals surface area contributed by atoms with Crippen molar-refractivity contribution in [1.82, 2.24) is 0 Å². The van der Waals surface area contributed by atoms with Gasteiger partial charge in [0.15, 0.2) is 18.4 Å². The van der Waals surface area contributed by atoms with E-state index in [0.717, 1.165) is 0 Å². The predicted octanol–water partition coefficient (Wildman–Crippen LogP) is -1.44. The third-order valence-corrected chi connectivity index (χ3v) is 1.33. The summed E-state index contributed by atoms with van der Waals surface area (Å²) in [5.41, 5.74) is 0. The van der Waals surface area contributed by atoms with Crippen LogP contribution in [-0.4, -0.2) is 0 Å². The summed E-state index contributed by atoms with van der Waals surface area (Å²) in [6.07, 6.45) is 4.15. The van der Waals surface area contributed by atoms with Crippen molar-refractivity contribution in [2.45, 2.75) is 19.9 Å². The summed E-state index contributed by atoms with van der Waals surface area (Å²) in [6, 6.07) is 6.69. The third kappa shape index (κ3) is 2.64. The highest BCUT2D eigenvalue weighted by molar-refractivity contribution is 4.83. The van der Waals surface area contributed by atoms with Crippen molar-refractivity contribution < 1.29 is 28.5 Å². The quantitative estimate of drug-likeness (QED) is 0.424. The minimum Gasteiger partial charge on any atom is -1.00 e. The van der Waals surface area contributed by atoms with Crippen LogP contribution in [0.2, 0.25) is 0 Å². The van der Waals surface area contributed by atoms with Crippen LogP contribution in [0.4, 0.5) is 0 Å². The van der Waals surface area contributed by atoms with Crippen molar-refractivity contribution >= 4 is 0 Å². The van der Waals surface area contributed by atoms with Gasteiger partial charge in [-0.3, -0.25) is 0 Å². The van der Waals surface area contributed by atoms with Crippen LogP contribution >= 0.6 is 0 Å². The largest absolute Gasteiger partial charge is 1.00 e. The minimum absolute atomic E-state index is 0. The molecule has 0 saturated heterocycles. The molecule has 1 aromatic rings. The van der Waals surface area contributed by atoms with Gasteiger partial charge in [-0.2, -0.15) is 0 Å². The summed E-state index contributed by atoms with van der Waals surface area (Å²) in [7, 11) is 0. The molecule has 0 amide bonds. The van der Waals surface area contributed by atoms with Crippen molar-refractivity contribution in [3.63, 3.8) is 0 Å². The average molecular weight is 249 g/mol. The lowest BCUT2D eigenvalue weighted by molar-refractivity contribution is -0.716. The first kappa shape index (κ1) is 9.88. The number of rotatable bonds is 1. The second-order valence-electron chi connectivity index (χ2n) is 2.42. The van der Waals surface area contributed by atoms with Gasteiger partial charge in [0, 0.05) is 12.1 Å². The van der Waals surface area contributed by atoms with Gasteiger partial charge in [0.2, 0.25) is 0 Å². The average Bonchev–Trinajstić information content (AvgIpc) is 1.90. The lowest BCUT2D eigenvalue weighted by Gasteiger charge is -1.96. The Morgan fingerprint density at radius 2 is 1.50 bits per heavy atom. The van der Waals surface area contributed by atoms with Crippen LogP contribution in [0.25, 0.3) is 0 Å². The van der Waals surface area contributed by atoms with Crippen LogP contribution in [0, 0.1) is 0 Å². The highest BCUT2D eigenvalue weighted by Crippen LogP contribution is 1.88. The molecule has 2 heteroatoms. The lowest BCUT2D eigenvalue weighted by atomic mass is 10.3. The maximum atomic E-state index is 2.17. The van der Waals surface area contributed by atoms with Crippen LogP contribution in [0.5, 0.6) is 0 Å². The van der Waals surface area contributed by atoms with Gasteiger partial charge < -0.3 is 24.0 Å². The van der Waals surface area contributed by atoms with E-state index in [2.05, 4.69) is 30.8 Å². The molecule has 0 spiro atoms. The molecule has 0 atom stereocenters. The molecule has 0 saturated carbocycles. The van der Waals surface area contributed by atoms with Gasteiger partial charge in [-0.1, -0.05) is 6.07 Å².